The molecule has 0 aromatic heterocycles. The molecule has 0 aliphatic rings. The molecule has 0 spiro atoms. The molecule has 11 nitrogen and oxygen atoms in total. The van der Waals surface area contributed by atoms with Gasteiger partial charge in [0.05, 0.1) is 19.8 Å². The van der Waals surface area contributed by atoms with E-state index in [0.717, 1.165) is 154 Å². The minimum absolute atomic E-state index is 0.151. The van der Waals surface area contributed by atoms with Crippen LogP contribution in [0.4, 0.5) is 0 Å². The van der Waals surface area contributed by atoms with Crippen molar-refractivity contribution < 1.29 is 52.2 Å². The predicted octanol–water partition coefficient (Wildman–Crippen LogP) is 17.5. The molecular formula is C62H107O11P. The Labute approximate surface area is 451 Å². The van der Waals surface area contributed by atoms with Gasteiger partial charge in [-0.2, -0.15) is 0 Å². The van der Waals surface area contributed by atoms with E-state index in [4.69, 9.17) is 23.3 Å². The molecule has 3 atom stereocenters. The molecular weight excluding hydrogens is 952 g/mol. The van der Waals surface area contributed by atoms with Gasteiger partial charge in [0, 0.05) is 19.3 Å². The Bertz CT molecular complexity index is 1560. The zero-order chi connectivity index (χ0) is 54.1. The van der Waals surface area contributed by atoms with Gasteiger partial charge >= 0.3 is 25.7 Å². The minimum atomic E-state index is -4.76. The van der Waals surface area contributed by atoms with E-state index in [9.17, 15) is 28.9 Å². The van der Waals surface area contributed by atoms with Gasteiger partial charge in [-0.15, -0.1) is 0 Å². The number of unbranched alkanes of at least 4 members (excludes halogenated alkanes) is 23. The number of phosphoric acid groups is 1. The van der Waals surface area contributed by atoms with Crippen LogP contribution in [0.25, 0.3) is 0 Å². The Hall–Kier alpha value is -3.34. The van der Waals surface area contributed by atoms with Crippen LogP contribution < -0.4 is 0 Å². The number of esters is 3. The molecule has 0 rings (SSSR count). The van der Waals surface area contributed by atoms with E-state index in [-0.39, 0.29) is 25.9 Å². The summed E-state index contributed by atoms with van der Waals surface area (Å²) in [5.74, 6) is -1.50. The number of phosphoric ester groups is 1. The lowest BCUT2D eigenvalue weighted by Gasteiger charge is -2.21. The third-order valence-electron chi connectivity index (χ3n) is 12.3. The fourth-order valence-electron chi connectivity index (χ4n) is 7.79. The first-order valence-corrected chi connectivity index (χ1v) is 31.0. The van der Waals surface area contributed by atoms with Gasteiger partial charge in [0.25, 0.3) is 0 Å². The molecule has 0 aliphatic heterocycles. The summed E-state index contributed by atoms with van der Waals surface area (Å²) in [6.07, 6.45) is 63.9. The highest BCUT2D eigenvalue weighted by atomic mass is 31.2. The highest BCUT2D eigenvalue weighted by Crippen LogP contribution is 2.43. The van der Waals surface area contributed by atoms with Crippen molar-refractivity contribution >= 4 is 25.7 Å². The van der Waals surface area contributed by atoms with Gasteiger partial charge in [-0.25, -0.2) is 4.57 Å². The van der Waals surface area contributed by atoms with E-state index in [1.807, 2.05) is 0 Å². The zero-order valence-electron chi connectivity index (χ0n) is 47.0. The quantitative estimate of drug-likeness (QED) is 0.0197. The Morgan fingerprint density at radius 3 is 1.15 bits per heavy atom. The van der Waals surface area contributed by atoms with Crippen molar-refractivity contribution in [2.24, 2.45) is 0 Å². The van der Waals surface area contributed by atoms with E-state index < -0.39 is 57.8 Å². The Kier molecular flexibility index (Phi) is 53.4. The van der Waals surface area contributed by atoms with Crippen molar-refractivity contribution in [1.29, 1.82) is 0 Å². The standard InChI is InChI=1S/C62H107O11P/c1-4-7-10-13-16-19-22-25-27-28-29-30-32-34-36-39-42-45-48-51-60(64)69-55-59(73-62(66)53-50-47-44-41-38-35-31-26-23-20-17-14-11-8-5-2)57-71-74(67,68)70-56-58(54-63)72-61(65)52-49-46-43-40-37-33-24-21-18-15-12-9-6-3/h7,10,12,15-16,19,21,24-27,29-31,58-59,63H,4-6,8-9,11,13-14,17-18,20,22-23,28,32-57H2,1-3H3,(H,67,68)/b10-7-,15-12-,19-16-,24-21-,27-25-,30-29-,31-26-. The van der Waals surface area contributed by atoms with E-state index in [1.54, 1.807) is 0 Å². The Morgan fingerprint density at radius 2 is 0.730 bits per heavy atom. The monoisotopic (exact) mass is 1060 g/mol. The molecule has 0 aliphatic carbocycles. The number of rotatable bonds is 54. The maximum absolute atomic E-state index is 12.9. The number of allylic oxidation sites excluding steroid dienone is 14. The molecule has 12 heteroatoms. The molecule has 2 N–H and O–H groups in total. The van der Waals surface area contributed by atoms with E-state index in [2.05, 4.69) is 106 Å². The average molecular weight is 1060 g/mol. The van der Waals surface area contributed by atoms with E-state index in [0.29, 0.717) is 19.3 Å². The summed E-state index contributed by atoms with van der Waals surface area (Å²) in [6.45, 7) is 4.43. The van der Waals surface area contributed by atoms with E-state index >= 15 is 0 Å². The molecule has 0 fully saturated rings. The van der Waals surface area contributed by atoms with Crippen LogP contribution in [0, 0.1) is 0 Å². The summed E-state index contributed by atoms with van der Waals surface area (Å²) >= 11 is 0. The third kappa shape index (κ3) is 53.5. The molecule has 0 radical (unpaired) electrons. The Morgan fingerprint density at radius 1 is 0.392 bits per heavy atom. The fourth-order valence-corrected chi connectivity index (χ4v) is 8.58. The van der Waals surface area contributed by atoms with Crippen LogP contribution >= 0.6 is 7.82 Å². The van der Waals surface area contributed by atoms with Crippen molar-refractivity contribution in [3.8, 4) is 0 Å². The van der Waals surface area contributed by atoms with Gasteiger partial charge in [0.2, 0.25) is 0 Å². The predicted molar refractivity (Wildman–Crippen MR) is 307 cm³/mol. The normalized spacial score (nSPS) is 14.0. The van der Waals surface area contributed by atoms with Gasteiger partial charge in [-0.1, -0.05) is 209 Å². The minimum Gasteiger partial charge on any atom is -0.462 e. The van der Waals surface area contributed by atoms with Gasteiger partial charge in [-0.3, -0.25) is 23.4 Å². The van der Waals surface area contributed by atoms with Crippen molar-refractivity contribution in [2.45, 2.75) is 264 Å². The molecule has 0 amide bonds. The molecule has 0 saturated heterocycles. The van der Waals surface area contributed by atoms with Crippen LogP contribution in [0.5, 0.6) is 0 Å². The molecule has 0 aromatic carbocycles. The second-order valence-electron chi connectivity index (χ2n) is 19.4. The topological polar surface area (TPSA) is 155 Å². The third-order valence-corrected chi connectivity index (χ3v) is 13.2. The molecule has 74 heavy (non-hydrogen) atoms. The highest BCUT2D eigenvalue weighted by Gasteiger charge is 2.28. The summed E-state index contributed by atoms with van der Waals surface area (Å²) in [6, 6.07) is 0. The fraction of sp³-hybridized carbons (Fsp3) is 0.726. The molecule has 0 bridgehead atoms. The van der Waals surface area contributed by atoms with Crippen LogP contribution in [-0.4, -0.2) is 66.5 Å². The second kappa shape index (κ2) is 55.9. The summed E-state index contributed by atoms with van der Waals surface area (Å²) in [7, 11) is -4.76. The van der Waals surface area contributed by atoms with Gasteiger partial charge in [0.1, 0.15) is 12.7 Å². The second-order valence-corrected chi connectivity index (χ2v) is 20.9. The number of ether oxygens (including phenoxy) is 3. The molecule has 0 saturated carbocycles. The first-order valence-electron chi connectivity index (χ1n) is 29.5. The van der Waals surface area contributed by atoms with Crippen molar-refractivity contribution in [2.75, 3.05) is 26.4 Å². The summed E-state index contributed by atoms with van der Waals surface area (Å²) in [5.41, 5.74) is 0. The van der Waals surface area contributed by atoms with Crippen LogP contribution in [0.1, 0.15) is 252 Å². The first kappa shape index (κ1) is 70.7. The maximum atomic E-state index is 12.9. The number of hydrogen-bond donors (Lipinski definition) is 2. The largest absolute Gasteiger partial charge is 0.472 e. The summed E-state index contributed by atoms with van der Waals surface area (Å²) < 4.78 is 39.5. The van der Waals surface area contributed by atoms with Crippen molar-refractivity contribution in [3.05, 3.63) is 85.1 Å². The summed E-state index contributed by atoms with van der Waals surface area (Å²) in [4.78, 5) is 48.6. The lowest BCUT2D eigenvalue weighted by molar-refractivity contribution is -0.161. The first-order chi connectivity index (χ1) is 36.2. The van der Waals surface area contributed by atoms with Gasteiger partial charge in [0.15, 0.2) is 6.10 Å². The molecule has 0 aromatic rings. The van der Waals surface area contributed by atoms with Crippen LogP contribution in [0.2, 0.25) is 0 Å². The smallest absolute Gasteiger partial charge is 0.462 e. The van der Waals surface area contributed by atoms with Crippen LogP contribution in [-0.2, 0) is 42.2 Å². The number of hydrogen-bond acceptors (Lipinski definition) is 10. The number of carbonyl (C=O) groups is 3. The zero-order valence-corrected chi connectivity index (χ0v) is 47.9. The van der Waals surface area contributed by atoms with Crippen molar-refractivity contribution in [3.63, 3.8) is 0 Å². The lowest BCUT2D eigenvalue weighted by atomic mass is 10.1. The van der Waals surface area contributed by atoms with Gasteiger partial charge < -0.3 is 24.2 Å². The van der Waals surface area contributed by atoms with Crippen LogP contribution in [0.3, 0.4) is 0 Å². The van der Waals surface area contributed by atoms with Crippen LogP contribution in [0.15, 0.2) is 85.1 Å². The molecule has 0 heterocycles. The highest BCUT2D eigenvalue weighted by molar-refractivity contribution is 7.47. The molecule has 3 unspecified atom stereocenters. The van der Waals surface area contributed by atoms with Crippen molar-refractivity contribution in [1.82, 2.24) is 0 Å². The number of carbonyl (C=O) groups excluding carboxylic acids is 3. The number of aliphatic hydroxyl groups excluding tert-OH is 1. The van der Waals surface area contributed by atoms with E-state index in [1.165, 1.54) is 38.5 Å². The lowest BCUT2D eigenvalue weighted by Crippen LogP contribution is -2.30. The van der Waals surface area contributed by atoms with Gasteiger partial charge in [-0.05, 0) is 109 Å². The summed E-state index contributed by atoms with van der Waals surface area (Å²) in [5, 5.41) is 9.81. The molecule has 426 valence electrons. The average Bonchev–Trinajstić information content (AvgIpc) is 3.39. The maximum Gasteiger partial charge on any atom is 0.472 e. The number of aliphatic hydroxyl groups is 1. The SMILES string of the molecule is CC/C=C\C/C=C\C/C=C\C/C=C\CCCCCCCCC(=O)OCC(COP(=O)(O)OCC(CO)OC(=O)CCCCCCC/C=C\C/C=C\CCC)OC(=O)CCCCCCC/C=C\CCCCCCCC. The Balaban J connectivity index is 4.76.